The average Bonchev–Trinajstić information content (AvgIpc) is 2.56. The monoisotopic (exact) mass is 319 g/mol. The fourth-order valence-corrected chi connectivity index (χ4v) is 3.08. The third kappa shape index (κ3) is 5.13. The number of urea groups is 1. The summed E-state index contributed by atoms with van der Waals surface area (Å²) < 4.78 is 0. The van der Waals surface area contributed by atoms with Gasteiger partial charge in [-0.15, -0.1) is 0 Å². The molecule has 0 saturated carbocycles. The van der Waals surface area contributed by atoms with Crippen LogP contribution in [0, 0.1) is 0 Å². The van der Waals surface area contributed by atoms with Gasteiger partial charge in [-0.2, -0.15) is 0 Å². The highest BCUT2D eigenvalue weighted by molar-refractivity contribution is 5.90. The Morgan fingerprint density at radius 3 is 2.43 bits per heavy atom. The molecule has 0 radical (unpaired) electrons. The number of hydrogen-bond donors (Lipinski definition) is 3. The van der Waals surface area contributed by atoms with Crippen LogP contribution < -0.4 is 15.5 Å². The highest BCUT2D eigenvalue weighted by Crippen LogP contribution is 2.22. The predicted molar refractivity (Wildman–Crippen MR) is 95.1 cm³/mol. The molecule has 1 aromatic rings. The van der Waals surface area contributed by atoms with Gasteiger partial charge in [0.15, 0.2) is 0 Å². The Balaban J connectivity index is 1.91. The number of nitrogens with one attached hydrogen (secondary N) is 2. The van der Waals surface area contributed by atoms with Gasteiger partial charge in [0.05, 0.1) is 12.1 Å². The molecule has 1 aromatic carbocycles. The number of carbonyl (C=O) groups excluding carboxylic acids is 1. The molecule has 0 bridgehead atoms. The molecule has 1 fully saturated rings. The van der Waals surface area contributed by atoms with E-state index in [1.165, 1.54) is 24.9 Å². The summed E-state index contributed by atoms with van der Waals surface area (Å²) >= 11 is 0. The van der Waals surface area contributed by atoms with Crippen molar-refractivity contribution in [2.45, 2.75) is 51.5 Å². The van der Waals surface area contributed by atoms with Crippen molar-refractivity contribution in [1.29, 1.82) is 0 Å². The second kappa shape index (κ2) is 8.20. The van der Waals surface area contributed by atoms with Gasteiger partial charge in [-0.25, -0.2) is 4.79 Å². The first kappa shape index (κ1) is 17.6. The second-order valence-corrected chi connectivity index (χ2v) is 6.64. The van der Waals surface area contributed by atoms with Crippen LogP contribution in [-0.2, 0) is 0 Å². The van der Waals surface area contributed by atoms with Gasteiger partial charge in [0.25, 0.3) is 0 Å². The fourth-order valence-electron chi connectivity index (χ4n) is 3.08. The van der Waals surface area contributed by atoms with E-state index in [0.29, 0.717) is 0 Å². The quantitative estimate of drug-likeness (QED) is 0.753. The van der Waals surface area contributed by atoms with E-state index in [9.17, 15) is 9.90 Å². The van der Waals surface area contributed by atoms with E-state index in [1.54, 1.807) is 0 Å². The lowest BCUT2D eigenvalue weighted by Gasteiger charge is -2.29. The highest BCUT2D eigenvalue weighted by Gasteiger charge is 2.24. The molecule has 1 unspecified atom stereocenters. The van der Waals surface area contributed by atoms with Crippen LogP contribution in [0.5, 0.6) is 0 Å². The van der Waals surface area contributed by atoms with E-state index < -0.39 is 5.54 Å². The molecule has 0 aliphatic carbocycles. The standard InChI is InChI=1S/C18H29N3O2/c1-3-11-18(2,14-22)20-17(23)19-15-7-9-16(10-8-15)21-12-5-4-6-13-21/h7-10,22H,3-6,11-14H2,1-2H3,(H2,19,20,23). The average molecular weight is 319 g/mol. The number of hydrogen-bond acceptors (Lipinski definition) is 3. The topological polar surface area (TPSA) is 64.6 Å². The first-order chi connectivity index (χ1) is 11.1. The summed E-state index contributed by atoms with van der Waals surface area (Å²) in [4.78, 5) is 14.5. The van der Waals surface area contributed by atoms with Crippen molar-refractivity contribution in [3.63, 3.8) is 0 Å². The Labute approximate surface area is 139 Å². The van der Waals surface area contributed by atoms with E-state index in [-0.39, 0.29) is 12.6 Å². The lowest BCUT2D eigenvalue weighted by Crippen LogP contribution is -2.50. The zero-order valence-electron chi connectivity index (χ0n) is 14.3. The van der Waals surface area contributed by atoms with E-state index >= 15 is 0 Å². The Morgan fingerprint density at radius 2 is 1.87 bits per heavy atom. The molecular weight excluding hydrogens is 290 g/mol. The summed E-state index contributed by atoms with van der Waals surface area (Å²) in [5.41, 5.74) is 1.40. The molecule has 5 nitrogen and oxygen atoms in total. The Hall–Kier alpha value is -1.75. The molecule has 1 saturated heterocycles. The molecule has 1 heterocycles. The SMILES string of the molecule is CCCC(C)(CO)NC(=O)Nc1ccc(N2CCCCC2)cc1. The Morgan fingerprint density at radius 1 is 1.22 bits per heavy atom. The van der Waals surface area contributed by atoms with Crippen LogP contribution in [0.3, 0.4) is 0 Å². The van der Waals surface area contributed by atoms with Crippen molar-refractivity contribution in [3.8, 4) is 0 Å². The number of benzene rings is 1. The molecule has 1 aliphatic heterocycles. The molecule has 5 heteroatoms. The number of aliphatic hydroxyl groups excluding tert-OH is 1. The maximum Gasteiger partial charge on any atom is 0.319 e. The van der Waals surface area contributed by atoms with Crippen molar-refractivity contribution < 1.29 is 9.90 Å². The second-order valence-electron chi connectivity index (χ2n) is 6.64. The molecule has 128 valence electrons. The van der Waals surface area contributed by atoms with Crippen LogP contribution in [0.15, 0.2) is 24.3 Å². The maximum atomic E-state index is 12.1. The zero-order valence-corrected chi connectivity index (χ0v) is 14.3. The smallest absolute Gasteiger partial charge is 0.319 e. The van der Waals surface area contributed by atoms with E-state index in [1.807, 2.05) is 26.0 Å². The van der Waals surface area contributed by atoms with Gasteiger partial charge in [-0.3, -0.25) is 0 Å². The van der Waals surface area contributed by atoms with Crippen molar-refractivity contribution >= 4 is 17.4 Å². The molecule has 2 rings (SSSR count). The van der Waals surface area contributed by atoms with E-state index in [2.05, 4.69) is 27.7 Å². The predicted octanol–water partition coefficient (Wildman–Crippen LogP) is 3.35. The summed E-state index contributed by atoms with van der Waals surface area (Å²) in [6.07, 6.45) is 5.46. The number of piperidine rings is 1. The van der Waals surface area contributed by atoms with Crippen LogP contribution in [-0.4, -0.2) is 36.4 Å². The molecule has 1 aliphatic rings. The summed E-state index contributed by atoms with van der Waals surface area (Å²) in [7, 11) is 0. The van der Waals surface area contributed by atoms with Gasteiger partial charge in [-0.1, -0.05) is 13.3 Å². The van der Waals surface area contributed by atoms with Gasteiger partial charge in [0.1, 0.15) is 0 Å². The number of nitrogens with zero attached hydrogens (tertiary/aromatic N) is 1. The molecular formula is C18H29N3O2. The van der Waals surface area contributed by atoms with Gasteiger partial charge in [-0.05, 0) is 56.9 Å². The molecule has 2 amide bonds. The third-order valence-corrected chi connectivity index (χ3v) is 4.41. The van der Waals surface area contributed by atoms with Crippen LogP contribution in [0.2, 0.25) is 0 Å². The van der Waals surface area contributed by atoms with Crippen molar-refractivity contribution in [2.75, 3.05) is 29.9 Å². The van der Waals surface area contributed by atoms with E-state index in [4.69, 9.17) is 0 Å². The minimum atomic E-state index is -0.577. The molecule has 3 N–H and O–H groups in total. The summed E-state index contributed by atoms with van der Waals surface area (Å²) in [5.74, 6) is 0. The largest absolute Gasteiger partial charge is 0.394 e. The number of rotatable bonds is 6. The zero-order chi connectivity index (χ0) is 16.7. The molecule has 1 atom stereocenters. The van der Waals surface area contributed by atoms with Crippen LogP contribution in [0.4, 0.5) is 16.2 Å². The number of amides is 2. The minimum Gasteiger partial charge on any atom is -0.394 e. The molecule has 23 heavy (non-hydrogen) atoms. The van der Waals surface area contributed by atoms with Gasteiger partial charge < -0.3 is 20.6 Å². The number of carbonyl (C=O) groups is 1. The van der Waals surface area contributed by atoms with Gasteiger partial charge in [0.2, 0.25) is 0 Å². The van der Waals surface area contributed by atoms with Crippen LogP contribution >= 0.6 is 0 Å². The number of aliphatic hydroxyl groups is 1. The molecule has 0 aromatic heterocycles. The summed E-state index contributed by atoms with van der Waals surface area (Å²) in [6.45, 7) is 6.04. The lowest BCUT2D eigenvalue weighted by molar-refractivity contribution is 0.167. The van der Waals surface area contributed by atoms with Crippen LogP contribution in [0.1, 0.15) is 46.0 Å². The van der Waals surface area contributed by atoms with Crippen molar-refractivity contribution in [3.05, 3.63) is 24.3 Å². The van der Waals surface area contributed by atoms with Gasteiger partial charge in [0, 0.05) is 24.5 Å². The van der Waals surface area contributed by atoms with Crippen molar-refractivity contribution in [1.82, 2.24) is 5.32 Å². The lowest BCUT2D eigenvalue weighted by atomic mass is 9.98. The highest BCUT2D eigenvalue weighted by atomic mass is 16.3. The summed E-state index contributed by atoms with van der Waals surface area (Å²) in [5, 5.41) is 15.2. The minimum absolute atomic E-state index is 0.0673. The van der Waals surface area contributed by atoms with Gasteiger partial charge >= 0.3 is 6.03 Å². The number of anilines is 2. The van der Waals surface area contributed by atoms with Crippen LogP contribution in [0.25, 0.3) is 0 Å². The van der Waals surface area contributed by atoms with E-state index in [0.717, 1.165) is 31.6 Å². The van der Waals surface area contributed by atoms with Crippen molar-refractivity contribution in [2.24, 2.45) is 0 Å². The Kier molecular flexibility index (Phi) is 6.28. The fraction of sp³-hybridized carbons (Fsp3) is 0.611. The Bertz CT molecular complexity index is 497. The third-order valence-electron chi connectivity index (χ3n) is 4.41. The molecule has 0 spiro atoms. The maximum absolute atomic E-state index is 12.1. The summed E-state index contributed by atoms with van der Waals surface area (Å²) in [6, 6.07) is 7.69. The first-order valence-corrected chi connectivity index (χ1v) is 8.61. The first-order valence-electron chi connectivity index (χ1n) is 8.61. The normalized spacial score (nSPS) is 17.4.